The maximum absolute atomic E-state index is 13.2. The number of rotatable bonds is 2. The lowest BCUT2D eigenvalue weighted by molar-refractivity contribution is -0.150. The highest BCUT2D eigenvalue weighted by Crippen LogP contribution is 2.54. The number of halogens is 1. The van der Waals surface area contributed by atoms with Gasteiger partial charge in [-0.3, -0.25) is 4.90 Å². The molecule has 0 amide bonds. The number of hydrogen-bond acceptors (Lipinski definition) is 4. The molecule has 1 aliphatic carbocycles. The Kier molecular flexibility index (Phi) is 3.21. The van der Waals surface area contributed by atoms with Crippen molar-refractivity contribution in [3.63, 3.8) is 0 Å². The molecule has 1 unspecified atom stereocenters. The molecule has 0 saturated carbocycles. The third-order valence-corrected chi connectivity index (χ3v) is 6.21. The van der Waals surface area contributed by atoms with Gasteiger partial charge in [-0.15, -0.1) is 0 Å². The highest BCUT2D eigenvalue weighted by Gasteiger charge is 2.62. The summed E-state index contributed by atoms with van der Waals surface area (Å²) in [6.45, 7) is 1.03. The Morgan fingerprint density at radius 1 is 1.28 bits per heavy atom. The van der Waals surface area contributed by atoms with E-state index in [0.717, 1.165) is 31.4 Å². The number of esters is 1. The van der Waals surface area contributed by atoms with E-state index in [2.05, 4.69) is 11.0 Å². The summed E-state index contributed by atoms with van der Waals surface area (Å²) in [6.07, 6.45) is 7.11. The number of aliphatic hydroxyl groups excluding tert-OH is 1. The van der Waals surface area contributed by atoms with E-state index in [0.29, 0.717) is 17.2 Å². The van der Waals surface area contributed by atoms with Crippen LogP contribution >= 0.6 is 0 Å². The van der Waals surface area contributed by atoms with Crippen molar-refractivity contribution in [3.05, 3.63) is 58.9 Å². The second kappa shape index (κ2) is 5.26. The van der Waals surface area contributed by atoms with Gasteiger partial charge >= 0.3 is 5.97 Å². The Hall–Kier alpha value is -1.98. The molecule has 3 aliphatic heterocycles. The van der Waals surface area contributed by atoms with Crippen molar-refractivity contribution in [1.29, 1.82) is 0 Å². The number of ether oxygens (including phenoxy) is 1. The van der Waals surface area contributed by atoms with Gasteiger partial charge in [0, 0.05) is 18.0 Å². The van der Waals surface area contributed by atoms with Gasteiger partial charge in [0.2, 0.25) is 0 Å². The van der Waals surface area contributed by atoms with Crippen molar-refractivity contribution in [2.24, 2.45) is 0 Å². The predicted molar refractivity (Wildman–Crippen MR) is 89.1 cm³/mol. The van der Waals surface area contributed by atoms with Crippen molar-refractivity contribution in [1.82, 2.24) is 4.90 Å². The first-order valence-corrected chi connectivity index (χ1v) is 8.95. The first-order valence-electron chi connectivity index (χ1n) is 8.95. The molecule has 3 heterocycles. The molecule has 5 rings (SSSR count). The number of piperidine rings is 1. The van der Waals surface area contributed by atoms with Crippen LogP contribution in [0.15, 0.2) is 47.6 Å². The van der Waals surface area contributed by atoms with E-state index < -0.39 is 17.7 Å². The summed E-state index contributed by atoms with van der Waals surface area (Å²) in [5.74, 6) is -0.808. The molecule has 4 atom stereocenters. The van der Waals surface area contributed by atoms with Crippen molar-refractivity contribution in [3.8, 4) is 0 Å². The molecule has 1 N–H and O–H groups in total. The van der Waals surface area contributed by atoms with Crippen LogP contribution in [0.1, 0.15) is 37.4 Å². The van der Waals surface area contributed by atoms with E-state index in [9.17, 15) is 14.3 Å². The number of nitrogens with zero attached hydrogens (tertiary/aromatic N) is 1. The van der Waals surface area contributed by atoms with Crippen LogP contribution in [0.5, 0.6) is 0 Å². The molecule has 0 radical (unpaired) electrons. The third kappa shape index (κ3) is 2.02. The summed E-state index contributed by atoms with van der Waals surface area (Å²) in [5, 5.41) is 10.8. The summed E-state index contributed by atoms with van der Waals surface area (Å²) in [4.78, 5) is 15.2. The number of benzene rings is 1. The number of fused-ring (bicyclic) bond motifs is 3. The second-order valence-corrected chi connectivity index (χ2v) is 7.44. The normalized spacial score (nSPS) is 34.7. The molecule has 25 heavy (non-hydrogen) atoms. The molecule has 4 aliphatic rings. The lowest BCUT2D eigenvalue weighted by Gasteiger charge is -2.37. The average Bonchev–Trinajstić information content (AvgIpc) is 3.06. The summed E-state index contributed by atoms with van der Waals surface area (Å²) >= 11 is 0. The smallest absolute Gasteiger partial charge is 0.338 e. The highest BCUT2D eigenvalue weighted by molar-refractivity contribution is 5.96. The van der Waals surface area contributed by atoms with Crippen LogP contribution in [-0.2, 0) is 9.53 Å². The minimum atomic E-state index is -1.10. The number of carbonyl (C=O) groups excluding carboxylic acids is 1. The van der Waals surface area contributed by atoms with Gasteiger partial charge in [-0.1, -0.05) is 30.7 Å². The first-order chi connectivity index (χ1) is 12.1. The zero-order chi connectivity index (χ0) is 17.2. The average molecular weight is 341 g/mol. The van der Waals surface area contributed by atoms with Crippen molar-refractivity contribution in [2.45, 2.75) is 49.5 Å². The molecule has 1 spiro atoms. The number of hydrogen-bond donors (Lipinski definition) is 1. The standard InChI is InChI=1S/C20H20FNO3/c21-13-6-4-12(5-7-13)18(23)17-15-9-8-14-11-20(15,25-19(17)24)16-3-1-2-10-22(14)16/h4-9,14,16,18,23H,1-3,10-11H2/t14-,16-,18?,20+/m1/s1. The van der Waals surface area contributed by atoms with E-state index in [4.69, 9.17) is 4.74 Å². The van der Waals surface area contributed by atoms with Gasteiger partial charge in [-0.05, 0) is 37.1 Å². The summed E-state index contributed by atoms with van der Waals surface area (Å²) < 4.78 is 19.1. The largest absolute Gasteiger partial charge is 0.449 e. The van der Waals surface area contributed by atoms with Crippen molar-refractivity contribution in [2.75, 3.05) is 6.54 Å². The second-order valence-electron chi connectivity index (χ2n) is 7.44. The van der Waals surface area contributed by atoms with Gasteiger partial charge in [-0.25, -0.2) is 9.18 Å². The quantitative estimate of drug-likeness (QED) is 0.840. The van der Waals surface area contributed by atoms with Crippen LogP contribution in [0.25, 0.3) is 0 Å². The van der Waals surface area contributed by atoms with Crippen LogP contribution in [0.3, 0.4) is 0 Å². The van der Waals surface area contributed by atoms with E-state index in [1.54, 1.807) is 0 Å². The summed E-state index contributed by atoms with van der Waals surface area (Å²) in [5.41, 5.74) is 1.02. The van der Waals surface area contributed by atoms with E-state index in [1.165, 1.54) is 30.7 Å². The Labute approximate surface area is 145 Å². The first kappa shape index (κ1) is 15.3. The Morgan fingerprint density at radius 2 is 2.08 bits per heavy atom. The fourth-order valence-electron chi connectivity index (χ4n) is 5.12. The molecular weight excluding hydrogens is 321 g/mol. The van der Waals surface area contributed by atoms with E-state index in [1.807, 2.05) is 6.08 Å². The molecule has 5 heteroatoms. The van der Waals surface area contributed by atoms with Crippen LogP contribution in [0, 0.1) is 5.82 Å². The van der Waals surface area contributed by atoms with Crippen LogP contribution in [-0.4, -0.2) is 40.2 Å². The maximum Gasteiger partial charge on any atom is 0.338 e. The van der Waals surface area contributed by atoms with Gasteiger partial charge in [0.05, 0.1) is 11.6 Å². The maximum atomic E-state index is 13.2. The fourth-order valence-corrected chi connectivity index (χ4v) is 5.12. The molecular formula is C20H20FNO3. The van der Waals surface area contributed by atoms with Gasteiger partial charge in [-0.2, -0.15) is 0 Å². The topological polar surface area (TPSA) is 49.8 Å². The van der Waals surface area contributed by atoms with Crippen LogP contribution in [0.2, 0.25) is 0 Å². The van der Waals surface area contributed by atoms with Gasteiger partial charge in [0.15, 0.2) is 5.60 Å². The highest BCUT2D eigenvalue weighted by atomic mass is 19.1. The zero-order valence-corrected chi connectivity index (χ0v) is 13.8. The summed E-state index contributed by atoms with van der Waals surface area (Å²) in [6, 6.07) is 6.13. The zero-order valence-electron chi connectivity index (χ0n) is 13.8. The Morgan fingerprint density at radius 3 is 2.88 bits per heavy atom. The van der Waals surface area contributed by atoms with Crippen molar-refractivity contribution < 1.29 is 19.0 Å². The molecule has 2 fully saturated rings. The van der Waals surface area contributed by atoms with Gasteiger partial charge in [0.25, 0.3) is 0 Å². The minimum Gasteiger partial charge on any atom is -0.449 e. The third-order valence-electron chi connectivity index (χ3n) is 6.21. The SMILES string of the molecule is O=C1O[C@@]23C[C@@H](C=CC2=C1C(O)c1ccc(F)cc1)N1CCCC[C@@H]13. The monoisotopic (exact) mass is 341 g/mol. The molecule has 130 valence electrons. The van der Waals surface area contributed by atoms with Crippen LogP contribution in [0.4, 0.5) is 4.39 Å². The predicted octanol–water partition coefficient (Wildman–Crippen LogP) is 2.65. The molecule has 1 aromatic carbocycles. The minimum absolute atomic E-state index is 0.193. The number of aliphatic hydroxyl groups is 1. The van der Waals surface area contributed by atoms with E-state index >= 15 is 0 Å². The van der Waals surface area contributed by atoms with Gasteiger partial charge < -0.3 is 9.84 Å². The fraction of sp³-hybridized carbons (Fsp3) is 0.450. The summed E-state index contributed by atoms with van der Waals surface area (Å²) in [7, 11) is 0. The van der Waals surface area contributed by atoms with E-state index in [-0.39, 0.29) is 11.9 Å². The molecule has 4 nitrogen and oxygen atoms in total. The lowest BCUT2D eigenvalue weighted by atomic mass is 9.78. The lowest BCUT2D eigenvalue weighted by Crippen LogP contribution is -2.48. The molecule has 2 bridgehead atoms. The Balaban J connectivity index is 1.60. The molecule has 2 saturated heterocycles. The molecule has 1 aromatic rings. The van der Waals surface area contributed by atoms with Crippen molar-refractivity contribution >= 4 is 5.97 Å². The molecule has 0 aromatic heterocycles. The number of carbonyl (C=O) groups is 1. The van der Waals surface area contributed by atoms with Gasteiger partial charge in [0.1, 0.15) is 11.9 Å². The Bertz CT molecular complexity index is 800. The van der Waals surface area contributed by atoms with Crippen LogP contribution < -0.4 is 0 Å².